The number of aromatic hydroxyl groups is 1. The standard InChI is InChI=1S/C14H14N2O3/c17-9-11(10-5-2-1-3-6-10)16-14(19)13-12(18)7-4-8-15-13/h1-8,11,17-18H,9H2,(H,16,19)/t11-/m1/s1. The van der Waals surface area contributed by atoms with Gasteiger partial charge in [-0.1, -0.05) is 30.3 Å². The lowest BCUT2D eigenvalue weighted by Gasteiger charge is -2.16. The molecule has 1 aromatic carbocycles. The van der Waals surface area contributed by atoms with Gasteiger partial charge in [-0.3, -0.25) is 4.79 Å². The van der Waals surface area contributed by atoms with Gasteiger partial charge in [-0.15, -0.1) is 0 Å². The number of nitrogens with zero attached hydrogens (tertiary/aromatic N) is 1. The Balaban J connectivity index is 2.16. The molecule has 0 saturated heterocycles. The van der Waals surface area contributed by atoms with E-state index in [0.717, 1.165) is 5.56 Å². The molecule has 0 radical (unpaired) electrons. The molecule has 0 aliphatic rings. The molecule has 2 aromatic rings. The molecular formula is C14H14N2O3. The molecule has 19 heavy (non-hydrogen) atoms. The van der Waals surface area contributed by atoms with Crippen molar-refractivity contribution in [2.45, 2.75) is 6.04 Å². The van der Waals surface area contributed by atoms with E-state index in [2.05, 4.69) is 10.3 Å². The van der Waals surface area contributed by atoms with Crippen LogP contribution in [0.2, 0.25) is 0 Å². The molecule has 3 N–H and O–H groups in total. The van der Waals surface area contributed by atoms with Crippen LogP contribution in [-0.2, 0) is 0 Å². The van der Waals surface area contributed by atoms with Crippen molar-refractivity contribution in [2.24, 2.45) is 0 Å². The average Bonchev–Trinajstić information content (AvgIpc) is 2.46. The molecule has 0 aliphatic heterocycles. The predicted molar refractivity (Wildman–Crippen MR) is 69.6 cm³/mol. The molecule has 0 unspecified atom stereocenters. The van der Waals surface area contributed by atoms with Gasteiger partial charge in [0.1, 0.15) is 5.75 Å². The van der Waals surface area contributed by atoms with Gasteiger partial charge in [0.25, 0.3) is 5.91 Å². The van der Waals surface area contributed by atoms with Crippen molar-refractivity contribution in [2.75, 3.05) is 6.61 Å². The zero-order valence-electron chi connectivity index (χ0n) is 10.2. The first-order chi connectivity index (χ1) is 9.22. The van der Waals surface area contributed by atoms with Gasteiger partial charge >= 0.3 is 0 Å². The van der Waals surface area contributed by atoms with Crippen molar-refractivity contribution in [3.8, 4) is 5.75 Å². The van der Waals surface area contributed by atoms with Crippen molar-refractivity contribution >= 4 is 5.91 Å². The smallest absolute Gasteiger partial charge is 0.274 e. The number of hydrogen-bond acceptors (Lipinski definition) is 4. The van der Waals surface area contributed by atoms with Crippen LogP contribution in [0.3, 0.4) is 0 Å². The summed E-state index contributed by atoms with van der Waals surface area (Å²) in [6.45, 7) is -0.233. The van der Waals surface area contributed by atoms with Gasteiger partial charge in [-0.05, 0) is 17.7 Å². The number of amides is 1. The molecule has 5 nitrogen and oxygen atoms in total. The molecule has 0 aliphatic carbocycles. The summed E-state index contributed by atoms with van der Waals surface area (Å²) in [5, 5.41) is 21.5. The molecule has 98 valence electrons. The van der Waals surface area contributed by atoms with Crippen LogP contribution >= 0.6 is 0 Å². The number of aliphatic hydroxyl groups is 1. The highest BCUT2D eigenvalue weighted by Crippen LogP contribution is 2.16. The second-order valence-electron chi connectivity index (χ2n) is 3.99. The Kier molecular flexibility index (Phi) is 4.10. The maximum Gasteiger partial charge on any atom is 0.274 e. The Hall–Kier alpha value is -2.40. The molecule has 0 spiro atoms. The Bertz CT molecular complexity index is 558. The van der Waals surface area contributed by atoms with Crippen LogP contribution in [0.5, 0.6) is 5.75 Å². The fourth-order valence-electron chi connectivity index (χ4n) is 1.72. The third-order valence-electron chi connectivity index (χ3n) is 2.69. The van der Waals surface area contributed by atoms with Gasteiger partial charge in [0.2, 0.25) is 0 Å². The Morgan fingerprint density at radius 3 is 2.58 bits per heavy atom. The molecule has 1 atom stereocenters. The summed E-state index contributed by atoms with van der Waals surface area (Å²) in [4.78, 5) is 15.8. The minimum Gasteiger partial charge on any atom is -0.505 e. The van der Waals surface area contributed by atoms with Crippen molar-refractivity contribution in [3.63, 3.8) is 0 Å². The van der Waals surface area contributed by atoms with Crippen molar-refractivity contribution in [1.82, 2.24) is 10.3 Å². The second-order valence-corrected chi connectivity index (χ2v) is 3.99. The van der Waals surface area contributed by atoms with E-state index in [4.69, 9.17) is 0 Å². The highest BCUT2D eigenvalue weighted by Gasteiger charge is 2.17. The van der Waals surface area contributed by atoms with Crippen molar-refractivity contribution in [3.05, 3.63) is 59.9 Å². The Labute approximate surface area is 110 Å². The molecule has 5 heteroatoms. The molecule has 2 rings (SSSR count). The molecule has 1 aromatic heterocycles. The number of aliphatic hydroxyl groups excluding tert-OH is 1. The van der Waals surface area contributed by atoms with E-state index in [1.165, 1.54) is 18.3 Å². The van der Waals surface area contributed by atoms with E-state index in [1.54, 1.807) is 12.1 Å². The van der Waals surface area contributed by atoms with Crippen molar-refractivity contribution in [1.29, 1.82) is 0 Å². The van der Waals surface area contributed by atoms with Gasteiger partial charge in [0, 0.05) is 6.20 Å². The number of carbonyl (C=O) groups is 1. The first kappa shape index (κ1) is 13.0. The number of hydrogen-bond donors (Lipinski definition) is 3. The normalized spacial score (nSPS) is 11.8. The fourth-order valence-corrected chi connectivity index (χ4v) is 1.72. The first-order valence-corrected chi connectivity index (χ1v) is 5.83. The maximum absolute atomic E-state index is 12.0. The van der Waals surface area contributed by atoms with Crippen LogP contribution in [-0.4, -0.2) is 27.7 Å². The molecule has 0 fully saturated rings. The lowest BCUT2D eigenvalue weighted by molar-refractivity contribution is 0.0908. The Morgan fingerprint density at radius 2 is 1.95 bits per heavy atom. The highest BCUT2D eigenvalue weighted by atomic mass is 16.3. The van der Waals surface area contributed by atoms with Crippen LogP contribution in [0.15, 0.2) is 48.7 Å². The third kappa shape index (κ3) is 3.08. The van der Waals surface area contributed by atoms with E-state index in [9.17, 15) is 15.0 Å². The third-order valence-corrected chi connectivity index (χ3v) is 2.69. The average molecular weight is 258 g/mol. The van der Waals surface area contributed by atoms with Crippen LogP contribution in [0.4, 0.5) is 0 Å². The SMILES string of the molecule is O=C(N[C@H](CO)c1ccccc1)c1ncccc1O. The van der Waals surface area contributed by atoms with E-state index >= 15 is 0 Å². The summed E-state index contributed by atoms with van der Waals surface area (Å²) < 4.78 is 0. The molecular weight excluding hydrogens is 244 g/mol. The second kappa shape index (κ2) is 5.97. The van der Waals surface area contributed by atoms with Crippen LogP contribution in [0, 0.1) is 0 Å². The quantitative estimate of drug-likeness (QED) is 0.770. The first-order valence-electron chi connectivity index (χ1n) is 5.83. The number of pyridine rings is 1. The minimum absolute atomic E-state index is 0.0584. The number of nitrogens with one attached hydrogen (secondary N) is 1. The predicted octanol–water partition coefficient (Wildman–Crippen LogP) is 1.25. The summed E-state index contributed by atoms with van der Waals surface area (Å²) in [5.74, 6) is -0.717. The zero-order chi connectivity index (χ0) is 13.7. The summed E-state index contributed by atoms with van der Waals surface area (Å²) >= 11 is 0. The number of carbonyl (C=O) groups excluding carboxylic acids is 1. The van der Waals surface area contributed by atoms with E-state index in [1.807, 2.05) is 18.2 Å². The van der Waals surface area contributed by atoms with Gasteiger partial charge in [-0.2, -0.15) is 0 Å². The number of benzene rings is 1. The van der Waals surface area contributed by atoms with Crippen molar-refractivity contribution < 1.29 is 15.0 Å². The fraction of sp³-hybridized carbons (Fsp3) is 0.143. The maximum atomic E-state index is 12.0. The van der Waals surface area contributed by atoms with E-state index in [-0.39, 0.29) is 18.1 Å². The van der Waals surface area contributed by atoms with E-state index < -0.39 is 11.9 Å². The van der Waals surface area contributed by atoms with Crippen LogP contribution in [0.1, 0.15) is 22.1 Å². The number of rotatable bonds is 4. The monoisotopic (exact) mass is 258 g/mol. The van der Waals surface area contributed by atoms with E-state index in [0.29, 0.717) is 0 Å². The molecule has 1 amide bonds. The lowest BCUT2D eigenvalue weighted by Crippen LogP contribution is -2.31. The summed E-state index contributed by atoms with van der Waals surface area (Å²) in [6.07, 6.45) is 1.42. The minimum atomic E-state index is -0.532. The largest absolute Gasteiger partial charge is 0.505 e. The zero-order valence-corrected chi connectivity index (χ0v) is 10.2. The molecule has 0 saturated carbocycles. The van der Waals surface area contributed by atoms with Crippen LogP contribution < -0.4 is 5.32 Å². The summed E-state index contributed by atoms with van der Waals surface area (Å²) in [5.41, 5.74) is 0.727. The highest BCUT2D eigenvalue weighted by molar-refractivity contribution is 5.94. The molecule has 1 heterocycles. The van der Waals surface area contributed by atoms with Crippen LogP contribution in [0.25, 0.3) is 0 Å². The summed E-state index contributed by atoms with van der Waals surface area (Å²) in [7, 11) is 0. The van der Waals surface area contributed by atoms with Gasteiger partial charge in [-0.25, -0.2) is 4.98 Å². The topological polar surface area (TPSA) is 82.5 Å². The van der Waals surface area contributed by atoms with Gasteiger partial charge < -0.3 is 15.5 Å². The lowest BCUT2D eigenvalue weighted by atomic mass is 10.1. The number of aromatic nitrogens is 1. The van der Waals surface area contributed by atoms with Gasteiger partial charge in [0.05, 0.1) is 12.6 Å². The summed E-state index contributed by atoms with van der Waals surface area (Å²) in [6, 6.07) is 11.5. The van der Waals surface area contributed by atoms with Gasteiger partial charge in [0.15, 0.2) is 5.69 Å². The molecule has 0 bridgehead atoms. The Morgan fingerprint density at radius 1 is 1.21 bits per heavy atom.